The highest BCUT2D eigenvalue weighted by Crippen LogP contribution is 2.12. The van der Waals surface area contributed by atoms with Crippen molar-refractivity contribution in [1.29, 1.82) is 0 Å². The summed E-state index contributed by atoms with van der Waals surface area (Å²) in [7, 11) is 0. The van der Waals surface area contributed by atoms with Gasteiger partial charge in [0, 0.05) is 12.3 Å². The summed E-state index contributed by atoms with van der Waals surface area (Å²) >= 11 is 0. The van der Waals surface area contributed by atoms with E-state index in [0.717, 1.165) is 13.0 Å². The van der Waals surface area contributed by atoms with Gasteiger partial charge in [0.2, 0.25) is 0 Å². The molecule has 0 bridgehead atoms. The molecule has 1 rings (SSSR count). The van der Waals surface area contributed by atoms with E-state index in [4.69, 9.17) is 5.11 Å². The van der Waals surface area contributed by atoms with Crippen molar-refractivity contribution in [3.8, 4) is 0 Å². The molecule has 0 amide bonds. The molecule has 3 N–H and O–H groups in total. The van der Waals surface area contributed by atoms with E-state index in [9.17, 15) is 4.79 Å². The molecule has 0 aromatic carbocycles. The molecule has 1 atom stereocenters. The highest BCUT2D eigenvalue weighted by molar-refractivity contribution is 5.66. The number of aliphatic carboxylic acids is 1. The minimum absolute atomic E-state index is 0.346. The first-order valence-electron chi connectivity index (χ1n) is 4.32. The Morgan fingerprint density at radius 2 is 2.45 bits per heavy atom. The van der Waals surface area contributed by atoms with Crippen molar-refractivity contribution in [3.63, 3.8) is 0 Å². The second kappa shape index (κ2) is 4.34. The predicted molar refractivity (Wildman–Crippen MR) is 41.3 cm³/mol. The molecule has 0 spiro atoms. The standard InChI is InChI=1S/C8H15NO2/c10-8(11)4-3-7-2-1-5-9-6-7/h7,9H,1-6H2,(H,10,11)/p+1. The minimum atomic E-state index is -0.657. The quantitative estimate of drug-likeness (QED) is 0.599. The highest BCUT2D eigenvalue weighted by Gasteiger charge is 2.16. The molecule has 1 aliphatic heterocycles. The summed E-state index contributed by atoms with van der Waals surface area (Å²) in [5.41, 5.74) is 0. The monoisotopic (exact) mass is 158 g/mol. The lowest BCUT2D eigenvalue weighted by molar-refractivity contribution is -0.669. The lowest BCUT2D eigenvalue weighted by Crippen LogP contribution is -2.87. The Hall–Kier alpha value is -0.570. The zero-order valence-corrected chi connectivity index (χ0v) is 6.75. The van der Waals surface area contributed by atoms with Crippen LogP contribution < -0.4 is 5.32 Å². The Morgan fingerprint density at radius 1 is 1.64 bits per heavy atom. The molecule has 0 aromatic heterocycles. The molecule has 1 heterocycles. The van der Waals surface area contributed by atoms with Crippen LogP contribution in [-0.2, 0) is 4.79 Å². The number of carboxylic acid groups (broad SMARTS) is 1. The van der Waals surface area contributed by atoms with Crippen LogP contribution in [0.25, 0.3) is 0 Å². The fourth-order valence-corrected chi connectivity index (χ4v) is 1.61. The van der Waals surface area contributed by atoms with Crippen molar-refractivity contribution in [3.05, 3.63) is 0 Å². The molecule has 0 saturated carbocycles. The fraction of sp³-hybridized carbons (Fsp3) is 0.875. The van der Waals surface area contributed by atoms with Crippen LogP contribution in [0.1, 0.15) is 25.7 Å². The Kier molecular flexibility index (Phi) is 3.36. The second-order valence-corrected chi connectivity index (χ2v) is 3.25. The summed E-state index contributed by atoms with van der Waals surface area (Å²) in [6.07, 6.45) is 3.69. The number of carboxylic acids is 1. The third-order valence-electron chi connectivity index (χ3n) is 2.29. The van der Waals surface area contributed by atoms with Crippen LogP contribution in [0.2, 0.25) is 0 Å². The van der Waals surface area contributed by atoms with E-state index in [1.54, 1.807) is 0 Å². The number of piperidine rings is 1. The molecule has 64 valence electrons. The first-order valence-corrected chi connectivity index (χ1v) is 4.32. The first kappa shape index (κ1) is 8.53. The molecule has 1 aliphatic rings. The fourth-order valence-electron chi connectivity index (χ4n) is 1.61. The van der Waals surface area contributed by atoms with Gasteiger partial charge >= 0.3 is 5.97 Å². The smallest absolute Gasteiger partial charge is 0.303 e. The summed E-state index contributed by atoms with van der Waals surface area (Å²) in [5.74, 6) is -0.00424. The average Bonchev–Trinajstić information content (AvgIpc) is 2.03. The van der Waals surface area contributed by atoms with Gasteiger partial charge in [0.25, 0.3) is 0 Å². The van der Waals surface area contributed by atoms with Gasteiger partial charge in [-0.05, 0) is 19.3 Å². The predicted octanol–water partition coefficient (Wildman–Crippen LogP) is -0.175. The van der Waals surface area contributed by atoms with Gasteiger partial charge in [0.1, 0.15) is 0 Å². The first-order chi connectivity index (χ1) is 5.29. The number of quaternary nitrogens is 1. The van der Waals surface area contributed by atoms with Gasteiger partial charge < -0.3 is 10.4 Å². The van der Waals surface area contributed by atoms with Crippen LogP contribution in [0.5, 0.6) is 0 Å². The van der Waals surface area contributed by atoms with Gasteiger partial charge in [-0.2, -0.15) is 0 Å². The van der Waals surface area contributed by atoms with Crippen LogP contribution in [0, 0.1) is 5.92 Å². The summed E-state index contributed by atoms with van der Waals surface area (Å²) in [5, 5.41) is 10.7. The highest BCUT2D eigenvalue weighted by atomic mass is 16.4. The third-order valence-corrected chi connectivity index (χ3v) is 2.29. The zero-order valence-electron chi connectivity index (χ0n) is 6.75. The van der Waals surface area contributed by atoms with Crippen LogP contribution in [-0.4, -0.2) is 24.2 Å². The van der Waals surface area contributed by atoms with E-state index in [2.05, 4.69) is 5.32 Å². The second-order valence-electron chi connectivity index (χ2n) is 3.25. The lowest BCUT2D eigenvalue weighted by Gasteiger charge is -2.18. The van der Waals surface area contributed by atoms with Gasteiger partial charge in [-0.1, -0.05) is 0 Å². The summed E-state index contributed by atoms with van der Waals surface area (Å²) < 4.78 is 0. The molecule has 0 radical (unpaired) electrons. The molecule has 0 aromatic rings. The van der Waals surface area contributed by atoms with Gasteiger partial charge in [0.15, 0.2) is 0 Å². The van der Waals surface area contributed by atoms with E-state index in [-0.39, 0.29) is 0 Å². The Labute approximate surface area is 66.8 Å². The van der Waals surface area contributed by atoms with E-state index in [0.29, 0.717) is 12.3 Å². The SMILES string of the molecule is O=C(O)CCC1CCC[NH2+]C1. The summed E-state index contributed by atoms with van der Waals surface area (Å²) in [6, 6.07) is 0. The maximum atomic E-state index is 10.2. The van der Waals surface area contributed by atoms with E-state index in [1.165, 1.54) is 19.4 Å². The van der Waals surface area contributed by atoms with E-state index in [1.807, 2.05) is 0 Å². The average molecular weight is 158 g/mol. The molecule has 3 heteroatoms. The molecular weight excluding hydrogens is 142 g/mol. The molecule has 3 nitrogen and oxygen atoms in total. The lowest BCUT2D eigenvalue weighted by atomic mass is 9.95. The normalized spacial score (nSPS) is 24.9. The van der Waals surface area contributed by atoms with Crippen molar-refractivity contribution in [2.24, 2.45) is 5.92 Å². The van der Waals surface area contributed by atoms with Gasteiger partial charge in [-0.15, -0.1) is 0 Å². The van der Waals surface area contributed by atoms with Gasteiger partial charge in [-0.3, -0.25) is 4.79 Å². The van der Waals surface area contributed by atoms with E-state index >= 15 is 0 Å². The number of rotatable bonds is 3. The Balaban J connectivity index is 2.09. The number of carbonyl (C=O) groups is 1. The molecule has 1 fully saturated rings. The topological polar surface area (TPSA) is 53.9 Å². The molecule has 1 unspecified atom stereocenters. The summed E-state index contributed by atoms with van der Waals surface area (Å²) in [6.45, 7) is 2.36. The van der Waals surface area contributed by atoms with Crippen molar-refractivity contribution in [1.82, 2.24) is 0 Å². The zero-order chi connectivity index (χ0) is 8.10. The Bertz CT molecular complexity index is 130. The van der Waals surface area contributed by atoms with Crippen LogP contribution in [0.4, 0.5) is 0 Å². The largest absolute Gasteiger partial charge is 0.481 e. The van der Waals surface area contributed by atoms with Crippen molar-refractivity contribution in [2.75, 3.05) is 13.1 Å². The molecular formula is C8H16NO2+. The summed E-state index contributed by atoms with van der Waals surface area (Å²) in [4.78, 5) is 10.2. The van der Waals surface area contributed by atoms with Crippen LogP contribution in [0.3, 0.4) is 0 Å². The van der Waals surface area contributed by atoms with Crippen molar-refractivity contribution in [2.45, 2.75) is 25.7 Å². The number of hydrogen-bond donors (Lipinski definition) is 2. The molecule has 11 heavy (non-hydrogen) atoms. The minimum Gasteiger partial charge on any atom is -0.481 e. The van der Waals surface area contributed by atoms with Crippen LogP contribution in [0.15, 0.2) is 0 Å². The van der Waals surface area contributed by atoms with E-state index < -0.39 is 5.97 Å². The molecule has 0 aliphatic carbocycles. The number of hydrogen-bond acceptors (Lipinski definition) is 1. The van der Waals surface area contributed by atoms with Crippen LogP contribution >= 0.6 is 0 Å². The van der Waals surface area contributed by atoms with Gasteiger partial charge in [-0.25, -0.2) is 0 Å². The van der Waals surface area contributed by atoms with Crippen molar-refractivity contribution < 1.29 is 15.2 Å². The number of nitrogens with two attached hydrogens (primary N) is 1. The Morgan fingerprint density at radius 3 is 3.00 bits per heavy atom. The maximum absolute atomic E-state index is 10.2. The third kappa shape index (κ3) is 3.37. The molecule has 1 saturated heterocycles. The maximum Gasteiger partial charge on any atom is 0.303 e. The van der Waals surface area contributed by atoms with Crippen molar-refractivity contribution >= 4 is 5.97 Å². The van der Waals surface area contributed by atoms with Gasteiger partial charge in [0.05, 0.1) is 13.1 Å².